The summed E-state index contributed by atoms with van der Waals surface area (Å²) in [5.41, 5.74) is 6.06. The van der Waals surface area contributed by atoms with Crippen molar-refractivity contribution in [2.24, 2.45) is 0 Å². The molecule has 4 nitrogen and oxygen atoms in total. The summed E-state index contributed by atoms with van der Waals surface area (Å²) in [5.74, 6) is 0.0168. The van der Waals surface area contributed by atoms with Gasteiger partial charge in [0.25, 0.3) is 5.91 Å². The van der Waals surface area contributed by atoms with Gasteiger partial charge in [-0.05, 0) is 62.2 Å². The van der Waals surface area contributed by atoms with Crippen LogP contribution >= 0.6 is 0 Å². The summed E-state index contributed by atoms with van der Waals surface area (Å²) < 4.78 is 1.89. The number of amides is 1. The summed E-state index contributed by atoms with van der Waals surface area (Å²) in [6.45, 7) is 6.67. The first-order valence-electron chi connectivity index (χ1n) is 8.39. The average Bonchev–Trinajstić information content (AvgIpc) is 2.94. The number of rotatable bonds is 4. The molecule has 0 aliphatic rings. The Hall–Kier alpha value is -2.88. The van der Waals surface area contributed by atoms with E-state index in [9.17, 15) is 4.79 Å². The molecule has 0 radical (unpaired) electrons. The molecule has 0 fully saturated rings. The molecular weight excluding hydrogens is 310 g/mol. The van der Waals surface area contributed by atoms with E-state index in [1.165, 1.54) is 5.56 Å². The number of hydrogen-bond acceptors (Lipinski definition) is 2. The zero-order chi connectivity index (χ0) is 18.0. The summed E-state index contributed by atoms with van der Waals surface area (Å²) >= 11 is 0. The van der Waals surface area contributed by atoms with Crippen LogP contribution in [0.25, 0.3) is 5.69 Å². The first kappa shape index (κ1) is 17.0. The monoisotopic (exact) mass is 333 g/mol. The van der Waals surface area contributed by atoms with Crippen molar-refractivity contribution in [3.8, 4) is 5.69 Å². The Kier molecular flexibility index (Phi) is 4.70. The Bertz CT molecular complexity index is 894. The molecule has 0 bridgehead atoms. The third-order valence-corrected chi connectivity index (χ3v) is 4.38. The quantitative estimate of drug-likeness (QED) is 0.722. The predicted octanol–water partition coefficient (Wildman–Crippen LogP) is 4.07. The van der Waals surface area contributed by atoms with E-state index in [-0.39, 0.29) is 5.91 Å². The lowest BCUT2D eigenvalue weighted by Gasteiger charge is -2.19. The van der Waals surface area contributed by atoms with Gasteiger partial charge in [-0.3, -0.25) is 4.79 Å². The first-order chi connectivity index (χ1) is 12.0. The Morgan fingerprint density at radius 1 is 1.04 bits per heavy atom. The van der Waals surface area contributed by atoms with E-state index in [0.29, 0.717) is 12.1 Å². The Labute approximate surface area is 148 Å². The van der Waals surface area contributed by atoms with E-state index in [1.807, 2.05) is 68.0 Å². The van der Waals surface area contributed by atoms with Crippen LogP contribution in [0.2, 0.25) is 0 Å². The minimum Gasteiger partial charge on any atom is -0.337 e. The van der Waals surface area contributed by atoms with Gasteiger partial charge in [-0.1, -0.05) is 24.3 Å². The number of carbonyl (C=O) groups excluding carboxylic acids is 1. The van der Waals surface area contributed by atoms with E-state index >= 15 is 0 Å². The molecule has 0 unspecified atom stereocenters. The highest BCUT2D eigenvalue weighted by molar-refractivity contribution is 5.94. The second-order valence-electron chi connectivity index (χ2n) is 6.47. The molecule has 0 aliphatic carbocycles. The van der Waals surface area contributed by atoms with Gasteiger partial charge in [0, 0.05) is 24.8 Å². The zero-order valence-corrected chi connectivity index (χ0v) is 15.2. The molecule has 0 saturated heterocycles. The number of benzene rings is 2. The smallest absolute Gasteiger partial charge is 0.253 e. The Balaban J connectivity index is 1.76. The minimum atomic E-state index is 0.0168. The van der Waals surface area contributed by atoms with Gasteiger partial charge in [0.1, 0.15) is 0 Å². The zero-order valence-electron chi connectivity index (χ0n) is 15.2. The molecule has 1 heterocycles. The summed E-state index contributed by atoms with van der Waals surface area (Å²) in [6.07, 6.45) is 0. The van der Waals surface area contributed by atoms with E-state index < -0.39 is 0 Å². The second kappa shape index (κ2) is 6.93. The van der Waals surface area contributed by atoms with Gasteiger partial charge in [-0.25, -0.2) is 4.68 Å². The first-order valence-corrected chi connectivity index (χ1v) is 8.39. The highest BCUT2D eigenvalue weighted by Gasteiger charge is 2.13. The predicted molar refractivity (Wildman–Crippen MR) is 100 cm³/mol. The van der Waals surface area contributed by atoms with Gasteiger partial charge in [-0.15, -0.1) is 0 Å². The van der Waals surface area contributed by atoms with Crippen LogP contribution in [0.4, 0.5) is 0 Å². The minimum absolute atomic E-state index is 0.0168. The summed E-state index contributed by atoms with van der Waals surface area (Å²) in [4.78, 5) is 14.4. The van der Waals surface area contributed by atoms with Gasteiger partial charge in [0.15, 0.2) is 0 Å². The molecule has 0 atom stereocenters. The maximum atomic E-state index is 12.7. The standard InChI is InChI=1S/C21H23N3O/c1-15-7-5-6-8-19(15)14-23(4)21(25)18-9-11-20(12-10-18)24-17(3)13-16(2)22-24/h5-13H,14H2,1-4H3. The van der Waals surface area contributed by atoms with Crippen LogP contribution in [-0.4, -0.2) is 27.6 Å². The number of aryl methyl sites for hydroxylation is 3. The fraction of sp³-hybridized carbons (Fsp3) is 0.238. The van der Waals surface area contributed by atoms with Crippen LogP contribution in [0.15, 0.2) is 54.6 Å². The van der Waals surface area contributed by atoms with Crippen molar-refractivity contribution >= 4 is 5.91 Å². The molecule has 0 aliphatic heterocycles. The molecule has 3 rings (SSSR count). The van der Waals surface area contributed by atoms with Crippen molar-refractivity contribution in [3.05, 3.63) is 82.7 Å². The van der Waals surface area contributed by atoms with Crippen molar-refractivity contribution < 1.29 is 4.79 Å². The number of hydrogen-bond donors (Lipinski definition) is 0. The van der Waals surface area contributed by atoms with Crippen LogP contribution in [0, 0.1) is 20.8 Å². The van der Waals surface area contributed by atoms with Crippen molar-refractivity contribution in [2.45, 2.75) is 27.3 Å². The van der Waals surface area contributed by atoms with Crippen LogP contribution < -0.4 is 0 Å². The van der Waals surface area contributed by atoms with Crippen molar-refractivity contribution in [3.63, 3.8) is 0 Å². The molecule has 25 heavy (non-hydrogen) atoms. The largest absolute Gasteiger partial charge is 0.337 e. The van der Waals surface area contributed by atoms with E-state index in [4.69, 9.17) is 0 Å². The topological polar surface area (TPSA) is 38.1 Å². The van der Waals surface area contributed by atoms with Crippen LogP contribution in [-0.2, 0) is 6.54 Å². The highest BCUT2D eigenvalue weighted by atomic mass is 16.2. The third-order valence-electron chi connectivity index (χ3n) is 4.38. The van der Waals surface area contributed by atoms with Crippen LogP contribution in [0.5, 0.6) is 0 Å². The molecule has 4 heteroatoms. The van der Waals surface area contributed by atoms with E-state index in [0.717, 1.165) is 22.6 Å². The maximum absolute atomic E-state index is 12.7. The number of nitrogens with zero attached hydrogens (tertiary/aromatic N) is 3. The fourth-order valence-electron chi connectivity index (χ4n) is 2.97. The SMILES string of the molecule is Cc1cc(C)n(-c2ccc(C(=O)N(C)Cc3ccccc3C)cc2)n1. The number of aromatic nitrogens is 2. The van der Waals surface area contributed by atoms with Gasteiger partial charge in [0.05, 0.1) is 11.4 Å². The van der Waals surface area contributed by atoms with Gasteiger partial charge < -0.3 is 4.90 Å². The number of carbonyl (C=O) groups is 1. The fourth-order valence-corrected chi connectivity index (χ4v) is 2.97. The summed E-state index contributed by atoms with van der Waals surface area (Å²) in [6, 6.07) is 17.8. The van der Waals surface area contributed by atoms with Crippen molar-refractivity contribution in [2.75, 3.05) is 7.05 Å². The summed E-state index contributed by atoms with van der Waals surface area (Å²) in [7, 11) is 1.84. The molecule has 128 valence electrons. The summed E-state index contributed by atoms with van der Waals surface area (Å²) in [5, 5.41) is 4.48. The molecule has 2 aromatic carbocycles. The second-order valence-corrected chi connectivity index (χ2v) is 6.47. The molecule has 1 aromatic heterocycles. The lowest BCUT2D eigenvalue weighted by atomic mass is 10.1. The van der Waals surface area contributed by atoms with Crippen LogP contribution in [0.3, 0.4) is 0 Å². The Morgan fingerprint density at radius 3 is 2.32 bits per heavy atom. The van der Waals surface area contributed by atoms with Crippen molar-refractivity contribution in [1.82, 2.24) is 14.7 Å². The Morgan fingerprint density at radius 2 is 1.72 bits per heavy atom. The molecule has 0 spiro atoms. The normalized spacial score (nSPS) is 10.7. The molecule has 0 N–H and O–H groups in total. The van der Waals surface area contributed by atoms with E-state index in [1.54, 1.807) is 4.90 Å². The molecule has 0 saturated carbocycles. The highest BCUT2D eigenvalue weighted by Crippen LogP contribution is 2.16. The van der Waals surface area contributed by atoms with Crippen LogP contribution in [0.1, 0.15) is 32.9 Å². The van der Waals surface area contributed by atoms with Gasteiger partial charge >= 0.3 is 0 Å². The maximum Gasteiger partial charge on any atom is 0.253 e. The molecule has 1 amide bonds. The van der Waals surface area contributed by atoms with Gasteiger partial charge in [-0.2, -0.15) is 5.10 Å². The van der Waals surface area contributed by atoms with Crippen molar-refractivity contribution in [1.29, 1.82) is 0 Å². The van der Waals surface area contributed by atoms with Gasteiger partial charge in [0.2, 0.25) is 0 Å². The lowest BCUT2D eigenvalue weighted by Crippen LogP contribution is -2.26. The molecular formula is C21H23N3O. The lowest BCUT2D eigenvalue weighted by molar-refractivity contribution is 0.0785. The average molecular weight is 333 g/mol. The third kappa shape index (κ3) is 3.63. The van der Waals surface area contributed by atoms with E-state index in [2.05, 4.69) is 24.2 Å². The molecule has 3 aromatic rings.